The van der Waals surface area contributed by atoms with Crippen molar-refractivity contribution in [1.29, 1.82) is 0 Å². The number of phenols is 2. The van der Waals surface area contributed by atoms with E-state index >= 15 is 0 Å². The Kier molecular flexibility index (Phi) is 8.82. The third kappa shape index (κ3) is 6.68. The maximum Gasteiger partial charge on any atom is 0.175 e. The van der Waals surface area contributed by atoms with E-state index in [1.54, 1.807) is 0 Å². The number of hydrogen-bond acceptors (Lipinski definition) is 3. The van der Waals surface area contributed by atoms with Crippen LogP contribution in [0.3, 0.4) is 0 Å². The standard InChI is InChI=1S/C26H38O2.C7H6N2S/c1-10-11-18(19-14-21(25(4,5)6)23(27)12-16(19)2)20-15-22(26(7,8)9)24(28)13-17(20)3;10-7-8-5-3-1-2-4-6(5)9-7/h12-15,18,27-28H,10-11H2,1-9H3;1-4H,(H2,8,9,10). The number of aromatic amines is 2. The van der Waals surface area contributed by atoms with E-state index in [0.717, 1.165) is 46.1 Å². The minimum atomic E-state index is -0.121. The summed E-state index contributed by atoms with van der Waals surface area (Å²) in [7, 11) is 0. The molecule has 5 heteroatoms. The number of phenolic OH excluding ortho intramolecular Hbond substituents is 2. The molecule has 0 aliphatic rings. The Labute approximate surface area is 233 Å². The van der Waals surface area contributed by atoms with Crippen LogP contribution in [0.2, 0.25) is 0 Å². The Morgan fingerprint density at radius 1 is 0.737 bits per heavy atom. The van der Waals surface area contributed by atoms with Crippen LogP contribution in [-0.4, -0.2) is 20.2 Å². The Bertz CT molecular complexity index is 1360. The molecule has 4 rings (SSSR count). The van der Waals surface area contributed by atoms with Crippen molar-refractivity contribution >= 4 is 23.3 Å². The number of nitrogens with one attached hydrogen (secondary N) is 2. The Morgan fingerprint density at radius 3 is 1.47 bits per heavy atom. The molecule has 204 valence electrons. The van der Waals surface area contributed by atoms with Crippen LogP contribution in [0.4, 0.5) is 0 Å². The van der Waals surface area contributed by atoms with E-state index in [1.807, 2.05) is 36.4 Å². The molecule has 0 aliphatic heterocycles. The van der Waals surface area contributed by atoms with Crippen LogP contribution in [0, 0.1) is 18.6 Å². The second-order valence-corrected chi connectivity index (χ2v) is 12.8. The molecule has 4 aromatic rings. The van der Waals surface area contributed by atoms with E-state index in [4.69, 9.17) is 12.2 Å². The third-order valence-electron chi connectivity index (χ3n) is 7.14. The monoisotopic (exact) mass is 532 g/mol. The summed E-state index contributed by atoms with van der Waals surface area (Å²) in [5.74, 6) is 0.997. The fourth-order valence-corrected chi connectivity index (χ4v) is 5.34. The normalized spacial score (nSPS) is 12.1. The van der Waals surface area contributed by atoms with Gasteiger partial charge in [-0.1, -0.05) is 79.2 Å². The van der Waals surface area contributed by atoms with Crippen LogP contribution in [-0.2, 0) is 10.8 Å². The zero-order valence-electron chi connectivity index (χ0n) is 24.4. The molecule has 38 heavy (non-hydrogen) atoms. The Morgan fingerprint density at radius 2 is 1.13 bits per heavy atom. The van der Waals surface area contributed by atoms with Crippen LogP contribution >= 0.6 is 12.2 Å². The SMILES string of the molecule is CCCC(c1cc(C(C)(C)C)c(O)cc1C)c1cc(C(C)(C)C)c(O)cc1C.S=c1[nH]c2ccccc2[nH]1. The summed E-state index contributed by atoms with van der Waals surface area (Å²) in [6, 6.07) is 16.2. The molecule has 0 aliphatic carbocycles. The van der Waals surface area contributed by atoms with Crippen molar-refractivity contribution in [2.24, 2.45) is 0 Å². The van der Waals surface area contributed by atoms with Crippen molar-refractivity contribution in [3.63, 3.8) is 0 Å². The number of hydrogen-bond donors (Lipinski definition) is 4. The average Bonchev–Trinajstić information content (AvgIpc) is 3.17. The highest BCUT2D eigenvalue weighted by Gasteiger charge is 2.26. The second-order valence-electron chi connectivity index (χ2n) is 12.4. The first-order valence-corrected chi connectivity index (χ1v) is 13.9. The molecule has 0 saturated heterocycles. The summed E-state index contributed by atoms with van der Waals surface area (Å²) in [5, 5.41) is 21.1. The largest absolute Gasteiger partial charge is 0.508 e. The van der Waals surface area contributed by atoms with Crippen LogP contribution in [0.15, 0.2) is 48.5 Å². The van der Waals surface area contributed by atoms with E-state index in [-0.39, 0.29) is 16.7 Å². The Balaban J connectivity index is 0.000000329. The van der Waals surface area contributed by atoms with Gasteiger partial charge in [0.1, 0.15) is 11.5 Å². The molecule has 4 N–H and O–H groups in total. The molecule has 0 bridgehead atoms. The zero-order valence-corrected chi connectivity index (χ0v) is 25.2. The summed E-state index contributed by atoms with van der Waals surface area (Å²) >= 11 is 4.90. The molecule has 0 spiro atoms. The van der Waals surface area contributed by atoms with Crippen molar-refractivity contribution in [2.45, 2.75) is 91.9 Å². The maximum absolute atomic E-state index is 10.5. The lowest BCUT2D eigenvalue weighted by molar-refractivity contribution is 0.445. The van der Waals surface area contributed by atoms with Crippen LogP contribution < -0.4 is 0 Å². The van der Waals surface area contributed by atoms with Gasteiger partial charge < -0.3 is 20.2 Å². The van der Waals surface area contributed by atoms with Crippen molar-refractivity contribution < 1.29 is 10.2 Å². The third-order valence-corrected chi connectivity index (χ3v) is 7.34. The number of H-pyrrole nitrogens is 2. The van der Waals surface area contributed by atoms with Gasteiger partial charge in [0.25, 0.3) is 0 Å². The number of imidazole rings is 1. The van der Waals surface area contributed by atoms with Crippen LogP contribution in [0.1, 0.15) is 101 Å². The molecule has 0 atom stereocenters. The van der Waals surface area contributed by atoms with Gasteiger partial charge in [-0.25, -0.2) is 0 Å². The summed E-state index contributed by atoms with van der Waals surface area (Å²) in [5.41, 5.74) is 8.65. The summed E-state index contributed by atoms with van der Waals surface area (Å²) in [6.45, 7) is 19.2. The van der Waals surface area contributed by atoms with Gasteiger partial charge in [0.05, 0.1) is 11.0 Å². The molecule has 0 unspecified atom stereocenters. The van der Waals surface area contributed by atoms with Crippen molar-refractivity contribution in [2.75, 3.05) is 0 Å². The van der Waals surface area contributed by atoms with Gasteiger partial charge in [0.2, 0.25) is 0 Å². The van der Waals surface area contributed by atoms with E-state index < -0.39 is 0 Å². The predicted octanol–water partition coefficient (Wildman–Crippen LogP) is 9.47. The van der Waals surface area contributed by atoms with Gasteiger partial charge in [-0.15, -0.1) is 0 Å². The van der Waals surface area contributed by atoms with Crippen LogP contribution in [0.25, 0.3) is 11.0 Å². The highest BCUT2D eigenvalue weighted by Crippen LogP contribution is 2.42. The van der Waals surface area contributed by atoms with E-state index in [0.29, 0.717) is 16.3 Å². The molecule has 0 radical (unpaired) electrons. The van der Waals surface area contributed by atoms with Crippen molar-refractivity contribution in [1.82, 2.24) is 9.97 Å². The van der Waals surface area contributed by atoms with Crippen molar-refractivity contribution in [3.8, 4) is 11.5 Å². The van der Waals surface area contributed by atoms with Crippen LogP contribution in [0.5, 0.6) is 11.5 Å². The number of benzene rings is 3. The highest BCUT2D eigenvalue weighted by atomic mass is 32.1. The molecule has 0 fully saturated rings. The van der Waals surface area contributed by atoms with Gasteiger partial charge in [0.15, 0.2) is 4.77 Å². The number of aromatic hydroxyl groups is 2. The summed E-state index contributed by atoms with van der Waals surface area (Å²) in [4.78, 5) is 6.04. The first kappa shape index (κ1) is 29.5. The minimum Gasteiger partial charge on any atom is -0.508 e. The lowest BCUT2D eigenvalue weighted by Crippen LogP contribution is -2.16. The molecule has 3 aromatic carbocycles. The Hall–Kier alpha value is -3.05. The van der Waals surface area contributed by atoms with Gasteiger partial charge in [0, 0.05) is 5.92 Å². The summed E-state index contributed by atoms with van der Waals surface area (Å²) in [6.07, 6.45) is 2.10. The fraction of sp³-hybridized carbons (Fsp3) is 0.424. The molecule has 1 aromatic heterocycles. The summed E-state index contributed by atoms with van der Waals surface area (Å²) < 4.78 is 0.682. The minimum absolute atomic E-state index is 0.121. The van der Waals surface area contributed by atoms with E-state index in [2.05, 4.69) is 84.4 Å². The molecule has 0 saturated carbocycles. The quantitative estimate of drug-likeness (QED) is 0.198. The molecular formula is C33H44N2O2S. The zero-order chi connectivity index (χ0) is 28.4. The molecule has 4 nitrogen and oxygen atoms in total. The number of para-hydroxylation sites is 2. The number of aryl methyl sites for hydroxylation is 2. The number of rotatable bonds is 4. The topological polar surface area (TPSA) is 72.0 Å². The first-order chi connectivity index (χ1) is 17.6. The van der Waals surface area contributed by atoms with E-state index in [9.17, 15) is 10.2 Å². The number of aromatic nitrogens is 2. The second kappa shape index (κ2) is 11.4. The van der Waals surface area contributed by atoms with Gasteiger partial charge in [-0.3, -0.25) is 0 Å². The van der Waals surface area contributed by atoms with Gasteiger partial charge >= 0.3 is 0 Å². The predicted molar refractivity (Wildman–Crippen MR) is 163 cm³/mol. The molecule has 0 amide bonds. The maximum atomic E-state index is 10.5. The van der Waals surface area contributed by atoms with Gasteiger partial charge in [-0.05, 0) is 101 Å². The van der Waals surface area contributed by atoms with E-state index in [1.165, 1.54) is 11.1 Å². The number of fused-ring (bicyclic) bond motifs is 1. The molecular weight excluding hydrogens is 488 g/mol. The smallest absolute Gasteiger partial charge is 0.175 e. The first-order valence-electron chi connectivity index (χ1n) is 13.5. The average molecular weight is 533 g/mol. The van der Waals surface area contributed by atoms with Crippen molar-refractivity contribution in [3.05, 3.63) is 86.7 Å². The van der Waals surface area contributed by atoms with Gasteiger partial charge in [-0.2, -0.15) is 0 Å². The lowest BCUT2D eigenvalue weighted by Gasteiger charge is -2.29. The fourth-order valence-electron chi connectivity index (χ4n) is 5.12. The lowest BCUT2D eigenvalue weighted by atomic mass is 9.76. The highest BCUT2D eigenvalue weighted by molar-refractivity contribution is 7.71. The molecule has 1 heterocycles.